The van der Waals surface area contributed by atoms with Gasteiger partial charge in [0.05, 0.1) is 39.3 Å². The van der Waals surface area contributed by atoms with E-state index < -0.39 is 0 Å². The molecule has 4 rings (SSSR count). The van der Waals surface area contributed by atoms with E-state index in [4.69, 9.17) is 14.2 Å². The van der Waals surface area contributed by atoms with Gasteiger partial charge in [0.2, 0.25) is 0 Å². The molecule has 1 fully saturated rings. The Morgan fingerprint density at radius 1 is 1.00 bits per heavy atom. The standard InChI is InChI=1S/C23H25N3O4/c1-28-17-11-12-20(29-2)18(14-17)19-10-7-13-25(19)23(27)22-21(30-3)15-26(24-22)16-8-5-4-6-9-16/h4-6,8-9,11-12,14-15,19H,7,10,13H2,1-3H3. The zero-order valence-corrected chi connectivity index (χ0v) is 17.4. The van der Waals surface area contributed by atoms with Crippen LogP contribution in [0.1, 0.15) is 34.9 Å². The van der Waals surface area contributed by atoms with E-state index in [1.54, 1.807) is 32.2 Å². The molecule has 1 unspecified atom stereocenters. The van der Waals surface area contributed by atoms with Crippen LogP contribution in [-0.4, -0.2) is 48.5 Å². The highest BCUT2D eigenvalue weighted by Crippen LogP contribution is 2.40. The quantitative estimate of drug-likeness (QED) is 0.621. The van der Waals surface area contributed by atoms with Gasteiger partial charge in [0, 0.05) is 12.1 Å². The molecule has 7 nitrogen and oxygen atoms in total. The average molecular weight is 407 g/mol. The lowest BCUT2D eigenvalue weighted by atomic mass is 10.0. The largest absolute Gasteiger partial charge is 0.497 e. The minimum atomic E-state index is -0.158. The van der Waals surface area contributed by atoms with E-state index in [9.17, 15) is 4.79 Å². The van der Waals surface area contributed by atoms with Gasteiger partial charge in [0.1, 0.15) is 11.5 Å². The number of carbonyl (C=O) groups is 1. The maximum Gasteiger partial charge on any atom is 0.278 e. The number of likely N-dealkylation sites (tertiary alicyclic amines) is 1. The lowest BCUT2D eigenvalue weighted by Gasteiger charge is -2.26. The van der Waals surface area contributed by atoms with E-state index in [1.807, 2.05) is 53.4 Å². The van der Waals surface area contributed by atoms with Crippen LogP contribution in [0.2, 0.25) is 0 Å². The highest BCUT2D eigenvalue weighted by atomic mass is 16.5. The molecule has 0 spiro atoms. The Bertz CT molecular complexity index is 1030. The van der Waals surface area contributed by atoms with Gasteiger partial charge in [-0.15, -0.1) is 0 Å². The summed E-state index contributed by atoms with van der Waals surface area (Å²) in [5.41, 5.74) is 2.10. The van der Waals surface area contributed by atoms with Crippen LogP contribution in [0.15, 0.2) is 54.7 Å². The predicted molar refractivity (Wildman–Crippen MR) is 113 cm³/mol. The summed E-state index contributed by atoms with van der Waals surface area (Å²) in [5, 5.41) is 4.54. The summed E-state index contributed by atoms with van der Waals surface area (Å²) in [6.45, 7) is 0.644. The number of para-hydroxylation sites is 1. The van der Waals surface area contributed by atoms with E-state index in [0.717, 1.165) is 35.6 Å². The second kappa shape index (κ2) is 8.49. The van der Waals surface area contributed by atoms with Gasteiger partial charge in [-0.3, -0.25) is 4.79 Å². The molecule has 0 aliphatic carbocycles. The summed E-state index contributed by atoms with van der Waals surface area (Å²) in [7, 11) is 4.82. The molecule has 1 aliphatic heterocycles. The fourth-order valence-electron chi connectivity index (χ4n) is 3.94. The summed E-state index contributed by atoms with van der Waals surface area (Å²) < 4.78 is 18.1. The van der Waals surface area contributed by atoms with E-state index in [0.29, 0.717) is 18.0 Å². The van der Waals surface area contributed by atoms with Crippen molar-refractivity contribution in [1.82, 2.24) is 14.7 Å². The van der Waals surface area contributed by atoms with Crippen molar-refractivity contribution in [3.8, 4) is 22.9 Å². The van der Waals surface area contributed by atoms with Gasteiger partial charge >= 0.3 is 0 Å². The number of carbonyl (C=O) groups excluding carboxylic acids is 1. The van der Waals surface area contributed by atoms with Crippen molar-refractivity contribution in [1.29, 1.82) is 0 Å². The summed E-state index contributed by atoms with van der Waals surface area (Å²) in [6, 6.07) is 15.2. The molecule has 0 saturated carbocycles. The van der Waals surface area contributed by atoms with Crippen molar-refractivity contribution in [2.45, 2.75) is 18.9 Å². The molecule has 1 aliphatic rings. The summed E-state index contributed by atoms with van der Waals surface area (Å²) in [5.74, 6) is 1.76. The molecule has 3 aromatic rings. The molecule has 1 amide bonds. The molecular weight excluding hydrogens is 382 g/mol. The first kappa shape index (κ1) is 19.8. The van der Waals surface area contributed by atoms with Gasteiger partial charge in [-0.1, -0.05) is 18.2 Å². The molecule has 0 radical (unpaired) electrons. The SMILES string of the molecule is COc1ccc(OC)c(C2CCCN2C(=O)c2nn(-c3ccccc3)cc2OC)c1. The molecule has 1 saturated heterocycles. The normalized spacial score (nSPS) is 15.8. The Balaban J connectivity index is 1.69. The maximum atomic E-state index is 13.5. The van der Waals surface area contributed by atoms with E-state index in [2.05, 4.69) is 5.10 Å². The maximum absolute atomic E-state index is 13.5. The molecule has 2 aromatic carbocycles. The number of rotatable bonds is 6. The zero-order valence-electron chi connectivity index (χ0n) is 17.4. The summed E-state index contributed by atoms with van der Waals surface area (Å²) in [4.78, 5) is 15.4. The van der Waals surface area contributed by atoms with Crippen LogP contribution in [-0.2, 0) is 0 Å². The first-order valence-corrected chi connectivity index (χ1v) is 9.88. The molecule has 0 bridgehead atoms. The van der Waals surface area contributed by atoms with Crippen molar-refractivity contribution in [3.05, 3.63) is 66.0 Å². The van der Waals surface area contributed by atoms with Crippen LogP contribution in [0.25, 0.3) is 5.69 Å². The number of ether oxygens (including phenoxy) is 3. The Morgan fingerprint density at radius 3 is 2.47 bits per heavy atom. The second-order valence-corrected chi connectivity index (χ2v) is 7.09. The van der Waals surface area contributed by atoms with Gasteiger partial charge in [-0.25, -0.2) is 4.68 Å². The van der Waals surface area contributed by atoms with Gasteiger partial charge in [0.25, 0.3) is 5.91 Å². The first-order chi connectivity index (χ1) is 14.7. The molecular formula is C23H25N3O4. The molecule has 2 heterocycles. The summed E-state index contributed by atoms with van der Waals surface area (Å²) >= 11 is 0. The van der Waals surface area contributed by atoms with E-state index >= 15 is 0 Å². The lowest BCUT2D eigenvalue weighted by molar-refractivity contribution is 0.0724. The Hall–Kier alpha value is -3.48. The minimum absolute atomic E-state index is 0.117. The third-order valence-electron chi connectivity index (χ3n) is 5.43. The van der Waals surface area contributed by atoms with Gasteiger partial charge in [-0.2, -0.15) is 5.10 Å². The van der Waals surface area contributed by atoms with Crippen molar-refractivity contribution < 1.29 is 19.0 Å². The zero-order chi connectivity index (χ0) is 21.1. The van der Waals surface area contributed by atoms with Crippen LogP contribution < -0.4 is 14.2 Å². The number of aromatic nitrogens is 2. The Kier molecular flexibility index (Phi) is 5.61. The van der Waals surface area contributed by atoms with Crippen molar-refractivity contribution in [3.63, 3.8) is 0 Å². The second-order valence-electron chi connectivity index (χ2n) is 7.09. The van der Waals surface area contributed by atoms with E-state index in [1.165, 1.54) is 0 Å². The van der Waals surface area contributed by atoms with E-state index in [-0.39, 0.29) is 11.9 Å². The van der Waals surface area contributed by atoms with Crippen LogP contribution in [0.5, 0.6) is 17.2 Å². The smallest absolute Gasteiger partial charge is 0.278 e. The third-order valence-corrected chi connectivity index (χ3v) is 5.43. The Labute approximate surface area is 175 Å². The van der Waals surface area contributed by atoms with Crippen LogP contribution in [0.3, 0.4) is 0 Å². The molecule has 30 heavy (non-hydrogen) atoms. The number of hydrogen-bond acceptors (Lipinski definition) is 5. The highest BCUT2D eigenvalue weighted by molar-refractivity contribution is 5.95. The predicted octanol–water partition coefficient (Wildman–Crippen LogP) is 3.88. The number of benzene rings is 2. The fraction of sp³-hybridized carbons (Fsp3) is 0.304. The molecule has 0 N–H and O–H groups in total. The lowest BCUT2D eigenvalue weighted by Crippen LogP contribution is -2.31. The number of amides is 1. The topological polar surface area (TPSA) is 65.8 Å². The third kappa shape index (κ3) is 3.58. The molecule has 156 valence electrons. The van der Waals surface area contributed by atoms with Gasteiger partial charge in [0.15, 0.2) is 11.4 Å². The molecule has 1 atom stereocenters. The van der Waals surface area contributed by atoms with Crippen molar-refractivity contribution in [2.75, 3.05) is 27.9 Å². The first-order valence-electron chi connectivity index (χ1n) is 9.88. The highest BCUT2D eigenvalue weighted by Gasteiger charge is 2.35. The Morgan fingerprint density at radius 2 is 1.77 bits per heavy atom. The minimum Gasteiger partial charge on any atom is -0.497 e. The monoisotopic (exact) mass is 407 g/mol. The van der Waals surface area contributed by atoms with Crippen LogP contribution >= 0.6 is 0 Å². The fourth-order valence-corrected chi connectivity index (χ4v) is 3.94. The van der Waals surface area contributed by atoms with Gasteiger partial charge in [-0.05, 0) is 43.2 Å². The average Bonchev–Trinajstić information content (AvgIpc) is 3.46. The van der Waals surface area contributed by atoms with Crippen LogP contribution in [0.4, 0.5) is 0 Å². The van der Waals surface area contributed by atoms with Crippen LogP contribution in [0, 0.1) is 0 Å². The number of hydrogen-bond donors (Lipinski definition) is 0. The summed E-state index contributed by atoms with van der Waals surface area (Å²) in [6.07, 6.45) is 3.48. The molecule has 1 aromatic heterocycles. The van der Waals surface area contributed by atoms with Gasteiger partial charge < -0.3 is 19.1 Å². The molecule has 7 heteroatoms. The van der Waals surface area contributed by atoms with Crippen molar-refractivity contribution in [2.24, 2.45) is 0 Å². The number of methoxy groups -OCH3 is 3. The number of nitrogens with zero attached hydrogens (tertiary/aromatic N) is 3. The van der Waals surface area contributed by atoms with Crippen molar-refractivity contribution >= 4 is 5.91 Å².